The van der Waals surface area contributed by atoms with Gasteiger partial charge in [0.15, 0.2) is 0 Å². The minimum absolute atomic E-state index is 0.251. The van der Waals surface area contributed by atoms with Gasteiger partial charge in [0, 0.05) is 11.0 Å². The minimum atomic E-state index is -0.400. The number of benzene rings is 2. The number of amides is 2. The second kappa shape index (κ2) is 7.70. The molecule has 114 valence electrons. The van der Waals surface area contributed by atoms with Crippen LogP contribution in [0.2, 0.25) is 0 Å². The van der Waals surface area contributed by atoms with Crippen molar-refractivity contribution >= 4 is 33.4 Å². The fourth-order valence-electron chi connectivity index (χ4n) is 1.77. The molecule has 2 aromatic rings. The van der Waals surface area contributed by atoms with Crippen molar-refractivity contribution in [1.29, 1.82) is 0 Å². The van der Waals surface area contributed by atoms with Crippen LogP contribution in [0.15, 0.2) is 53.0 Å². The Bertz CT molecular complexity index is 674. The molecule has 0 fully saturated rings. The van der Waals surface area contributed by atoms with Gasteiger partial charge in [-0.2, -0.15) is 0 Å². The highest BCUT2D eigenvalue weighted by Crippen LogP contribution is 2.21. The third-order valence-electron chi connectivity index (χ3n) is 2.87. The molecule has 0 atom stereocenters. The summed E-state index contributed by atoms with van der Waals surface area (Å²) < 4.78 is 13.5. The maximum atomic E-state index is 12.8. The lowest BCUT2D eigenvalue weighted by Gasteiger charge is -2.08. The van der Waals surface area contributed by atoms with Gasteiger partial charge in [0.05, 0.1) is 5.69 Å². The van der Waals surface area contributed by atoms with Crippen molar-refractivity contribution in [1.82, 2.24) is 5.32 Å². The van der Waals surface area contributed by atoms with Gasteiger partial charge in [0.1, 0.15) is 12.2 Å². The van der Waals surface area contributed by atoms with E-state index >= 15 is 0 Å². The number of hydrogen-bond donors (Lipinski definition) is 2. The largest absolute Gasteiger partial charge is 0.352 e. The number of hydrogen-bond acceptors (Lipinski definition) is 2. The maximum Gasteiger partial charge on any atom is 0.233 e. The average molecular weight is 365 g/mol. The number of carbonyl (C=O) groups is 2. The summed E-state index contributed by atoms with van der Waals surface area (Å²) in [5.74, 6) is -1.12. The number of anilines is 1. The van der Waals surface area contributed by atoms with Crippen LogP contribution in [0.3, 0.4) is 0 Å². The lowest BCUT2D eigenvalue weighted by molar-refractivity contribution is -0.126. The van der Waals surface area contributed by atoms with Crippen molar-refractivity contribution in [2.45, 2.75) is 13.0 Å². The van der Waals surface area contributed by atoms with Crippen molar-refractivity contribution in [2.24, 2.45) is 0 Å². The summed E-state index contributed by atoms with van der Waals surface area (Å²) in [6.07, 6.45) is -0.275. The van der Waals surface area contributed by atoms with Crippen molar-refractivity contribution in [3.63, 3.8) is 0 Å². The van der Waals surface area contributed by atoms with E-state index in [2.05, 4.69) is 26.6 Å². The summed E-state index contributed by atoms with van der Waals surface area (Å²) in [5, 5.41) is 5.27. The molecule has 0 bridgehead atoms. The Balaban J connectivity index is 1.80. The monoisotopic (exact) mass is 364 g/mol. The lowest BCUT2D eigenvalue weighted by atomic mass is 10.2. The third kappa shape index (κ3) is 4.96. The fraction of sp³-hybridized carbons (Fsp3) is 0.125. The Kier molecular flexibility index (Phi) is 5.66. The summed E-state index contributed by atoms with van der Waals surface area (Å²) in [7, 11) is 0. The maximum absolute atomic E-state index is 12.8. The van der Waals surface area contributed by atoms with E-state index in [4.69, 9.17) is 0 Å². The average Bonchev–Trinajstić information content (AvgIpc) is 2.49. The van der Waals surface area contributed by atoms with Crippen LogP contribution >= 0.6 is 15.9 Å². The first-order valence-electron chi connectivity index (χ1n) is 6.60. The van der Waals surface area contributed by atoms with Crippen LogP contribution in [0.25, 0.3) is 0 Å². The van der Waals surface area contributed by atoms with Crippen molar-refractivity contribution < 1.29 is 14.0 Å². The molecule has 0 heterocycles. The quantitative estimate of drug-likeness (QED) is 0.800. The molecule has 0 aliphatic heterocycles. The zero-order chi connectivity index (χ0) is 15.9. The highest BCUT2D eigenvalue weighted by Gasteiger charge is 2.10. The van der Waals surface area contributed by atoms with Gasteiger partial charge in [-0.3, -0.25) is 9.59 Å². The van der Waals surface area contributed by atoms with Gasteiger partial charge in [-0.05, 0) is 45.8 Å². The number of carbonyl (C=O) groups excluding carboxylic acids is 2. The summed E-state index contributed by atoms with van der Waals surface area (Å²) in [4.78, 5) is 23.5. The Morgan fingerprint density at radius 3 is 2.36 bits per heavy atom. The number of halogens is 2. The Morgan fingerprint density at radius 2 is 1.68 bits per heavy atom. The SMILES string of the molecule is O=C(CC(=O)Nc1ccccc1Br)NCc1ccc(F)cc1. The second-order valence-electron chi connectivity index (χ2n) is 4.61. The van der Waals surface area contributed by atoms with Gasteiger partial charge in [0.25, 0.3) is 0 Å². The van der Waals surface area contributed by atoms with Gasteiger partial charge in [-0.15, -0.1) is 0 Å². The first-order chi connectivity index (χ1) is 10.5. The van der Waals surface area contributed by atoms with Crippen LogP contribution in [0, 0.1) is 5.82 Å². The summed E-state index contributed by atoms with van der Waals surface area (Å²) >= 11 is 3.31. The molecule has 2 rings (SSSR count). The number of rotatable bonds is 5. The van der Waals surface area contributed by atoms with Crippen LogP contribution in [-0.4, -0.2) is 11.8 Å². The van der Waals surface area contributed by atoms with Crippen LogP contribution in [0.5, 0.6) is 0 Å². The standard InChI is InChI=1S/C16H14BrFN2O2/c17-13-3-1-2-4-14(13)20-16(22)9-15(21)19-10-11-5-7-12(18)8-6-11/h1-8H,9-10H2,(H,19,21)(H,20,22). The highest BCUT2D eigenvalue weighted by molar-refractivity contribution is 9.10. The van der Waals surface area contributed by atoms with Gasteiger partial charge in [-0.1, -0.05) is 24.3 Å². The number of para-hydroxylation sites is 1. The van der Waals surface area contributed by atoms with Gasteiger partial charge < -0.3 is 10.6 Å². The van der Waals surface area contributed by atoms with Crippen molar-refractivity contribution in [3.05, 3.63) is 64.4 Å². The Morgan fingerprint density at radius 1 is 1.00 bits per heavy atom. The summed E-state index contributed by atoms with van der Waals surface area (Å²) in [6.45, 7) is 0.251. The molecule has 2 aromatic carbocycles. The molecule has 0 spiro atoms. The molecule has 6 heteroatoms. The molecule has 0 unspecified atom stereocenters. The highest BCUT2D eigenvalue weighted by atomic mass is 79.9. The van der Waals surface area contributed by atoms with Gasteiger partial charge in [0.2, 0.25) is 11.8 Å². The third-order valence-corrected chi connectivity index (χ3v) is 3.56. The Labute approximate surface area is 135 Å². The smallest absolute Gasteiger partial charge is 0.233 e. The van der Waals surface area contributed by atoms with E-state index in [0.717, 1.165) is 10.0 Å². The molecular weight excluding hydrogens is 351 g/mol. The van der Waals surface area contributed by atoms with Crippen LogP contribution < -0.4 is 10.6 Å². The predicted octanol–water partition coefficient (Wildman–Crippen LogP) is 3.23. The molecule has 0 saturated carbocycles. The molecule has 2 amide bonds. The second-order valence-corrected chi connectivity index (χ2v) is 5.46. The van der Waals surface area contributed by atoms with Crippen molar-refractivity contribution in [2.75, 3.05) is 5.32 Å². The Hall–Kier alpha value is -2.21. The molecule has 4 nitrogen and oxygen atoms in total. The minimum Gasteiger partial charge on any atom is -0.352 e. The zero-order valence-electron chi connectivity index (χ0n) is 11.6. The van der Waals surface area contributed by atoms with E-state index in [1.807, 2.05) is 6.07 Å². The molecule has 0 aliphatic rings. The van der Waals surface area contributed by atoms with Gasteiger partial charge in [-0.25, -0.2) is 4.39 Å². The van der Waals surface area contributed by atoms with E-state index in [-0.39, 0.29) is 18.8 Å². The van der Waals surface area contributed by atoms with Crippen LogP contribution in [-0.2, 0) is 16.1 Å². The van der Waals surface area contributed by atoms with Crippen molar-refractivity contribution in [3.8, 4) is 0 Å². The zero-order valence-corrected chi connectivity index (χ0v) is 13.2. The van der Waals surface area contributed by atoms with E-state index < -0.39 is 11.8 Å². The molecule has 0 saturated heterocycles. The lowest BCUT2D eigenvalue weighted by Crippen LogP contribution is -2.27. The summed E-state index contributed by atoms with van der Waals surface area (Å²) in [5.41, 5.74) is 1.37. The molecule has 22 heavy (non-hydrogen) atoms. The van der Waals surface area contributed by atoms with Crippen LogP contribution in [0.1, 0.15) is 12.0 Å². The van der Waals surface area contributed by atoms with E-state index in [1.54, 1.807) is 30.3 Å². The van der Waals surface area contributed by atoms with E-state index in [0.29, 0.717) is 5.69 Å². The molecule has 0 radical (unpaired) electrons. The van der Waals surface area contributed by atoms with E-state index in [9.17, 15) is 14.0 Å². The fourth-order valence-corrected chi connectivity index (χ4v) is 2.15. The number of nitrogens with one attached hydrogen (secondary N) is 2. The van der Waals surface area contributed by atoms with Gasteiger partial charge >= 0.3 is 0 Å². The molecule has 2 N–H and O–H groups in total. The molecular formula is C16H14BrFN2O2. The van der Waals surface area contributed by atoms with E-state index in [1.165, 1.54) is 12.1 Å². The predicted molar refractivity (Wildman–Crippen MR) is 85.6 cm³/mol. The normalized spacial score (nSPS) is 10.1. The summed E-state index contributed by atoms with van der Waals surface area (Å²) in [6, 6.07) is 12.9. The molecule has 0 aromatic heterocycles. The first-order valence-corrected chi connectivity index (χ1v) is 7.39. The first kappa shape index (κ1) is 16.2. The topological polar surface area (TPSA) is 58.2 Å². The molecule has 0 aliphatic carbocycles. The van der Waals surface area contributed by atoms with Crippen LogP contribution in [0.4, 0.5) is 10.1 Å².